The molecule has 0 aliphatic carbocycles. The van der Waals surface area contributed by atoms with Gasteiger partial charge in [0.1, 0.15) is 6.54 Å². The number of nitrogens with one attached hydrogen (secondary N) is 1. The number of piperidine rings is 1. The topological polar surface area (TPSA) is 69.7 Å². The number of carbonyl (C=O) groups excluding carboxylic acids is 1. The van der Waals surface area contributed by atoms with Crippen molar-refractivity contribution in [2.24, 2.45) is 5.92 Å². The summed E-state index contributed by atoms with van der Waals surface area (Å²) in [7, 11) is -3.88. The Morgan fingerprint density at radius 3 is 2.33 bits per heavy atom. The molecule has 1 saturated heterocycles. The van der Waals surface area contributed by atoms with Crippen LogP contribution in [0.1, 0.15) is 42.9 Å². The summed E-state index contributed by atoms with van der Waals surface area (Å²) >= 11 is 0. The molecule has 0 unspecified atom stereocenters. The molecule has 0 radical (unpaired) electrons. The summed E-state index contributed by atoms with van der Waals surface area (Å²) in [6.07, 6.45) is 3.32. The molecule has 1 N–H and O–H groups in total. The Labute approximate surface area is 199 Å². The molecule has 0 aromatic heterocycles. The highest BCUT2D eigenvalue weighted by Gasteiger charge is 2.27. The molecule has 180 valence electrons. The van der Waals surface area contributed by atoms with Crippen molar-refractivity contribution in [1.29, 1.82) is 0 Å². The third-order valence-corrected chi connectivity index (χ3v) is 8.31. The van der Waals surface area contributed by atoms with Gasteiger partial charge in [-0.05, 0) is 101 Å². The van der Waals surface area contributed by atoms with E-state index in [1.54, 1.807) is 30.3 Å². The van der Waals surface area contributed by atoms with Gasteiger partial charge in [0, 0.05) is 6.54 Å². The van der Waals surface area contributed by atoms with Crippen molar-refractivity contribution in [3.05, 3.63) is 59.2 Å². The number of hydrogen-bond acceptors (Lipinski definition) is 4. The summed E-state index contributed by atoms with van der Waals surface area (Å²) in [5.41, 5.74) is 3.53. The highest BCUT2D eigenvalue weighted by atomic mass is 32.2. The molecule has 2 aromatic carbocycles. The largest absolute Gasteiger partial charge is 0.354 e. The first-order chi connectivity index (χ1) is 15.7. The number of amides is 1. The summed E-state index contributed by atoms with van der Waals surface area (Å²) in [5.74, 6) is 0.504. The zero-order valence-electron chi connectivity index (χ0n) is 20.3. The van der Waals surface area contributed by atoms with Crippen molar-refractivity contribution in [3.63, 3.8) is 0 Å². The maximum absolute atomic E-state index is 13.5. The molecule has 0 spiro atoms. The van der Waals surface area contributed by atoms with Crippen molar-refractivity contribution >= 4 is 21.6 Å². The van der Waals surface area contributed by atoms with Crippen molar-refractivity contribution in [3.8, 4) is 0 Å². The SMILES string of the molecule is Cc1ccc(S(=O)(=O)N(CC(=O)NCCCN2CCC(C)CC2)c2ccc(C)c(C)c2)cc1. The van der Waals surface area contributed by atoms with Crippen molar-refractivity contribution in [1.82, 2.24) is 10.2 Å². The minimum absolute atomic E-state index is 0.179. The van der Waals surface area contributed by atoms with E-state index in [-0.39, 0.29) is 17.3 Å². The fourth-order valence-electron chi connectivity index (χ4n) is 4.04. The molecule has 6 nitrogen and oxygen atoms in total. The first kappa shape index (κ1) is 25.2. The van der Waals surface area contributed by atoms with Crippen molar-refractivity contribution < 1.29 is 13.2 Å². The van der Waals surface area contributed by atoms with Gasteiger partial charge < -0.3 is 10.2 Å². The Kier molecular flexibility index (Phi) is 8.54. The van der Waals surface area contributed by atoms with E-state index in [0.29, 0.717) is 12.2 Å². The summed E-state index contributed by atoms with van der Waals surface area (Å²) in [6.45, 7) is 11.6. The lowest BCUT2D eigenvalue weighted by molar-refractivity contribution is -0.119. The lowest BCUT2D eigenvalue weighted by Crippen LogP contribution is -2.42. The number of sulfonamides is 1. The van der Waals surface area contributed by atoms with Crippen LogP contribution >= 0.6 is 0 Å². The summed E-state index contributed by atoms with van der Waals surface area (Å²) < 4.78 is 28.2. The van der Waals surface area contributed by atoms with Gasteiger partial charge in [-0.2, -0.15) is 0 Å². The smallest absolute Gasteiger partial charge is 0.264 e. The van der Waals surface area contributed by atoms with E-state index < -0.39 is 10.0 Å². The molecule has 1 aliphatic heterocycles. The molecule has 1 heterocycles. The van der Waals surface area contributed by atoms with E-state index in [9.17, 15) is 13.2 Å². The van der Waals surface area contributed by atoms with Crippen molar-refractivity contribution in [2.75, 3.05) is 37.0 Å². The van der Waals surface area contributed by atoms with Crippen LogP contribution in [0.4, 0.5) is 5.69 Å². The van der Waals surface area contributed by atoms with Crippen LogP contribution in [-0.2, 0) is 14.8 Å². The average molecular weight is 472 g/mol. The molecule has 0 bridgehead atoms. The van der Waals surface area contributed by atoms with Crippen LogP contribution in [0.2, 0.25) is 0 Å². The van der Waals surface area contributed by atoms with Crippen LogP contribution in [-0.4, -0.2) is 51.9 Å². The minimum atomic E-state index is -3.88. The standard InChI is InChI=1S/C26H37N3O3S/c1-20-6-10-25(11-7-20)33(31,32)29(24-9-8-22(3)23(4)18-24)19-26(30)27-14-5-15-28-16-12-21(2)13-17-28/h6-11,18,21H,5,12-17,19H2,1-4H3,(H,27,30). The second-order valence-electron chi connectivity index (χ2n) is 9.32. The maximum Gasteiger partial charge on any atom is 0.264 e. The van der Waals surface area contributed by atoms with Gasteiger partial charge in [0.25, 0.3) is 10.0 Å². The summed E-state index contributed by atoms with van der Waals surface area (Å²) in [5, 5.41) is 2.92. The second-order valence-corrected chi connectivity index (χ2v) is 11.2. The van der Waals surface area contributed by atoms with Crippen LogP contribution < -0.4 is 9.62 Å². The third-order valence-electron chi connectivity index (χ3n) is 6.52. The number of rotatable bonds is 9. The Morgan fingerprint density at radius 2 is 1.70 bits per heavy atom. The second kappa shape index (κ2) is 11.2. The van der Waals surface area contributed by atoms with Gasteiger partial charge in [-0.3, -0.25) is 9.10 Å². The molecular formula is C26H37N3O3S. The van der Waals surface area contributed by atoms with Gasteiger partial charge in [0.2, 0.25) is 5.91 Å². The fourth-order valence-corrected chi connectivity index (χ4v) is 5.45. The molecular weight excluding hydrogens is 434 g/mol. The van der Waals surface area contributed by atoms with E-state index in [0.717, 1.165) is 48.7 Å². The number of nitrogens with zero attached hydrogens (tertiary/aromatic N) is 2. The predicted molar refractivity (Wildman–Crippen MR) is 134 cm³/mol. The number of anilines is 1. The van der Waals surface area contributed by atoms with E-state index in [2.05, 4.69) is 17.1 Å². The molecule has 1 fully saturated rings. The zero-order chi connectivity index (χ0) is 24.0. The first-order valence-electron chi connectivity index (χ1n) is 11.8. The quantitative estimate of drug-likeness (QED) is 0.560. The fraction of sp³-hybridized carbons (Fsp3) is 0.500. The molecule has 3 rings (SSSR count). The van der Waals surface area contributed by atoms with Gasteiger partial charge in [0.05, 0.1) is 10.6 Å². The first-order valence-corrected chi connectivity index (χ1v) is 13.3. The van der Waals surface area contributed by atoms with Gasteiger partial charge in [0.15, 0.2) is 0 Å². The predicted octanol–water partition coefficient (Wildman–Crippen LogP) is 4.05. The van der Waals surface area contributed by atoms with Crippen LogP contribution in [0.25, 0.3) is 0 Å². The molecule has 2 aromatic rings. The molecule has 0 atom stereocenters. The number of benzene rings is 2. The molecule has 1 aliphatic rings. The zero-order valence-corrected chi connectivity index (χ0v) is 21.1. The lowest BCUT2D eigenvalue weighted by atomic mass is 9.99. The van der Waals surface area contributed by atoms with Gasteiger partial charge in [-0.15, -0.1) is 0 Å². The summed E-state index contributed by atoms with van der Waals surface area (Å²) in [6, 6.07) is 12.2. The van der Waals surface area contributed by atoms with Gasteiger partial charge in [-0.1, -0.05) is 30.7 Å². The summed E-state index contributed by atoms with van der Waals surface area (Å²) in [4.78, 5) is 15.4. The Morgan fingerprint density at radius 1 is 1.03 bits per heavy atom. The highest BCUT2D eigenvalue weighted by Crippen LogP contribution is 2.26. The highest BCUT2D eigenvalue weighted by molar-refractivity contribution is 7.92. The van der Waals surface area contributed by atoms with E-state index in [1.165, 1.54) is 17.1 Å². The Bertz CT molecular complexity index is 1040. The van der Waals surface area contributed by atoms with Crippen molar-refractivity contribution in [2.45, 2.75) is 51.9 Å². The Balaban J connectivity index is 1.68. The van der Waals surface area contributed by atoms with Crippen LogP contribution in [0, 0.1) is 26.7 Å². The van der Waals surface area contributed by atoms with E-state index in [1.807, 2.05) is 32.9 Å². The molecule has 7 heteroatoms. The molecule has 0 saturated carbocycles. The van der Waals surface area contributed by atoms with E-state index in [4.69, 9.17) is 0 Å². The van der Waals surface area contributed by atoms with Crippen LogP contribution in [0.15, 0.2) is 47.4 Å². The van der Waals surface area contributed by atoms with E-state index >= 15 is 0 Å². The normalized spacial score (nSPS) is 15.4. The minimum Gasteiger partial charge on any atom is -0.354 e. The van der Waals surface area contributed by atoms with Gasteiger partial charge >= 0.3 is 0 Å². The lowest BCUT2D eigenvalue weighted by Gasteiger charge is -2.30. The monoisotopic (exact) mass is 471 g/mol. The molecule has 33 heavy (non-hydrogen) atoms. The Hall–Kier alpha value is -2.38. The number of hydrogen-bond donors (Lipinski definition) is 1. The van der Waals surface area contributed by atoms with Crippen LogP contribution in [0.3, 0.4) is 0 Å². The third kappa shape index (κ3) is 6.81. The number of aryl methyl sites for hydroxylation is 3. The average Bonchev–Trinajstić information content (AvgIpc) is 2.78. The van der Waals surface area contributed by atoms with Crippen LogP contribution in [0.5, 0.6) is 0 Å². The molecule has 1 amide bonds. The number of likely N-dealkylation sites (tertiary alicyclic amines) is 1. The number of carbonyl (C=O) groups is 1. The maximum atomic E-state index is 13.5. The van der Waals surface area contributed by atoms with Gasteiger partial charge in [-0.25, -0.2) is 8.42 Å².